The third-order valence-corrected chi connectivity index (χ3v) is 4.85. The highest BCUT2D eigenvalue weighted by molar-refractivity contribution is 6.32. The van der Waals surface area contributed by atoms with Crippen LogP contribution in [0, 0.1) is 0 Å². The first kappa shape index (κ1) is 14.6. The highest BCUT2D eigenvalue weighted by atomic mass is 35.5. The second-order valence-electron chi connectivity index (χ2n) is 5.33. The molecule has 21 heavy (non-hydrogen) atoms. The van der Waals surface area contributed by atoms with E-state index < -0.39 is 0 Å². The van der Waals surface area contributed by atoms with Crippen LogP contribution in [0.2, 0.25) is 5.02 Å². The average molecular weight is 318 g/mol. The van der Waals surface area contributed by atoms with Crippen LogP contribution in [0.5, 0.6) is 0 Å². The van der Waals surface area contributed by atoms with Crippen LogP contribution in [-0.4, -0.2) is 12.8 Å². The lowest BCUT2D eigenvalue weighted by Crippen LogP contribution is -2.17. The van der Waals surface area contributed by atoms with Gasteiger partial charge in [0, 0.05) is 29.6 Å². The zero-order valence-electron chi connectivity index (χ0n) is 11.9. The maximum atomic E-state index is 6.32. The van der Waals surface area contributed by atoms with E-state index in [9.17, 15) is 0 Å². The fraction of sp³-hybridized carbons (Fsp3) is 0.278. The van der Waals surface area contributed by atoms with Gasteiger partial charge >= 0.3 is 0 Å². The molecule has 0 bridgehead atoms. The van der Waals surface area contributed by atoms with E-state index in [1.165, 1.54) is 22.4 Å². The van der Waals surface area contributed by atoms with Crippen molar-refractivity contribution in [3.05, 3.63) is 69.7 Å². The van der Waals surface area contributed by atoms with Crippen LogP contribution in [0.15, 0.2) is 47.5 Å². The number of rotatable bonds is 2. The lowest BCUT2D eigenvalue weighted by atomic mass is 9.78. The molecule has 0 saturated carbocycles. The van der Waals surface area contributed by atoms with Gasteiger partial charge in [0.1, 0.15) is 0 Å². The molecule has 0 heterocycles. The molecule has 3 rings (SSSR count). The Labute approximate surface area is 135 Å². The molecular formula is C18H17Cl2N. The summed E-state index contributed by atoms with van der Waals surface area (Å²) < 4.78 is 0. The summed E-state index contributed by atoms with van der Waals surface area (Å²) >= 11 is 12.2. The fourth-order valence-corrected chi connectivity index (χ4v) is 3.66. The maximum Gasteiger partial charge on any atom is 0.0488 e. The van der Waals surface area contributed by atoms with Gasteiger partial charge in [0.15, 0.2) is 0 Å². The molecule has 2 aromatic rings. The van der Waals surface area contributed by atoms with E-state index in [0.717, 1.165) is 23.4 Å². The summed E-state index contributed by atoms with van der Waals surface area (Å²) in [5.41, 5.74) is 6.07. The number of nitrogens with zero attached hydrogens (tertiary/aromatic N) is 1. The predicted octanol–water partition coefficient (Wildman–Crippen LogP) is 5.42. The maximum absolute atomic E-state index is 6.32. The van der Waals surface area contributed by atoms with E-state index >= 15 is 0 Å². The Bertz CT molecular complexity index is 691. The molecule has 0 aliphatic heterocycles. The largest absolute Gasteiger partial charge is 0.292 e. The van der Waals surface area contributed by atoms with Crippen molar-refractivity contribution in [3.8, 4) is 0 Å². The Hall–Kier alpha value is -1.31. The molecule has 0 radical (unpaired) electrons. The molecule has 108 valence electrons. The Balaban J connectivity index is 2.06. The minimum Gasteiger partial charge on any atom is -0.292 e. The molecule has 0 fully saturated rings. The first-order valence-corrected chi connectivity index (χ1v) is 8.05. The van der Waals surface area contributed by atoms with Crippen LogP contribution >= 0.6 is 23.2 Å². The van der Waals surface area contributed by atoms with Gasteiger partial charge < -0.3 is 0 Å². The van der Waals surface area contributed by atoms with Crippen molar-refractivity contribution in [2.45, 2.75) is 24.6 Å². The summed E-state index contributed by atoms with van der Waals surface area (Å²) in [6.45, 7) is 0. The number of hydrogen-bond donors (Lipinski definition) is 0. The van der Waals surface area contributed by atoms with Gasteiger partial charge in [-0.05, 0) is 41.2 Å². The quantitative estimate of drug-likeness (QED) is 0.655. The summed E-state index contributed by atoms with van der Waals surface area (Å²) in [4.78, 5) is 4.44. The van der Waals surface area contributed by atoms with E-state index in [1.807, 2.05) is 13.1 Å². The van der Waals surface area contributed by atoms with Gasteiger partial charge in [-0.3, -0.25) is 4.99 Å². The first-order chi connectivity index (χ1) is 10.2. The van der Waals surface area contributed by atoms with Crippen molar-refractivity contribution in [2.24, 2.45) is 4.99 Å². The van der Waals surface area contributed by atoms with E-state index in [4.69, 9.17) is 23.2 Å². The number of aliphatic imine (C=N–C) groups is 1. The first-order valence-electron chi connectivity index (χ1n) is 7.14. The Morgan fingerprint density at radius 3 is 2.71 bits per heavy atom. The summed E-state index contributed by atoms with van der Waals surface area (Å²) in [7, 11) is 1.87. The molecule has 2 aromatic carbocycles. The van der Waals surface area contributed by atoms with Crippen molar-refractivity contribution in [2.75, 3.05) is 7.05 Å². The molecule has 1 unspecified atom stereocenters. The number of benzene rings is 2. The molecule has 0 saturated heterocycles. The van der Waals surface area contributed by atoms with Crippen LogP contribution in [0.25, 0.3) is 0 Å². The average Bonchev–Trinajstić information content (AvgIpc) is 2.53. The zero-order chi connectivity index (χ0) is 14.8. The van der Waals surface area contributed by atoms with E-state index in [2.05, 4.69) is 41.4 Å². The number of fused-ring (bicyclic) bond motifs is 1. The van der Waals surface area contributed by atoms with Crippen molar-refractivity contribution >= 4 is 28.9 Å². The lowest BCUT2D eigenvalue weighted by Gasteiger charge is -2.27. The normalized spacial score (nSPS) is 19.6. The molecule has 0 spiro atoms. The van der Waals surface area contributed by atoms with Gasteiger partial charge in [-0.15, -0.1) is 11.6 Å². The van der Waals surface area contributed by atoms with Crippen molar-refractivity contribution in [3.63, 3.8) is 0 Å². The summed E-state index contributed by atoms with van der Waals surface area (Å²) in [5.74, 6) is 0.834. The van der Waals surface area contributed by atoms with E-state index in [-0.39, 0.29) is 0 Å². The zero-order valence-corrected chi connectivity index (χ0v) is 13.5. The Morgan fingerprint density at radius 2 is 2.00 bits per heavy atom. The van der Waals surface area contributed by atoms with Gasteiger partial charge in [-0.25, -0.2) is 0 Å². The topological polar surface area (TPSA) is 12.4 Å². The van der Waals surface area contributed by atoms with Gasteiger partial charge in [0.2, 0.25) is 0 Å². The standard InChI is InChI=1S/C18H17Cl2N/c1-21-18-9-8-14(15-4-2-3-5-16(15)18)12-6-7-13(11-19)17(20)10-12/h2-7,10,14H,8-9,11H2,1H3. The van der Waals surface area contributed by atoms with Gasteiger partial charge in [-0.1, -0.05) is 48.0 Å². The lowest BCUT2D eigenvalue weighted by molar-refractivity contribution is 0.722. The third-order valence-electron chi connectivity index (χ3n) is 4.21. The van der Waals surface area contributed by atoms with Crippen LogP contribution in [0.4, 0.5) is 0 Å². The Morgan fingerprint density at radius 1 is 1.19 bits per heavy atom. The van der Waals surface area contributed by atoms with Crippen LogP contribution in [0.3, 0.4) is 0 Å². The second-order valence-corrected chi connectivity index (χ2v) is 6.01. The van der Waals surface area contributed by atoms with E-state index in [0.29, 0.717) is 11.8 Å². The van der Waals surface area contributed by atoms with E-state index in [1.54, 1.807) is 0 Å². The smallest absolute Gasteiger partial charge is 0.0488 e. The van der Waals surface area contributed by atoms with Gasteiger partial charge in [0.25, 0.3) is 0 Å². The van der Waals surface area contributed by atoms with Gasteiger partial charge in [-0.2, -0.15) is 0 Å². The summed E-state index contributed by atoms with van der Waals surface area (Å²) in [5, 5.41) is 0.759. The molecule has 1 atom stereocenters. The summed E-state index contributed by atoms with van der Waals surface area (Å²) in [6.07, 6.45) is 2.08. The number of halogens is 2. The molecule has 1 aliphatic carbocycles. The predicted molar refractivity (Wildman–Crippen MR) is 91.0 cm³/mol. The molecular weight excluding hydrogens is 301 g/mol. The molecule has 1 aliphatic rings. The number of alkyl halides is 1. The van der Waals surface area contributed by atoms with Gasteiger partial charge in [0.05, 0.1) is 0 Å². The van der Waals surface area contributed by atoms with Crippen molar-refractivity contribution in [1.82, 2.24) is 0 Å². The molecule has 1 nitrogen and oxygen atoms in total. The third kappa shape index (κ3) is 2.73. The van der Waals surface area contributed by atoms with Crippen LogP contribution in [-0.2, 0) is 5.88 Å². The van der Waals surface area contributed by atoms with Crippen LogP contribution < -0.4 is 0 Å². The minimum atomic E-state index is 0.383. The molecule has 0 N–H and O–H groups in total. The second kappa shape index (κ2) is 6.21. The fourth-order valence-electron chi connectivity index (χ4n) is 3.10. The van der Waals surface area contributed by atoms with Crippen LogP contribution in [0.1, 0.15) is 41.0 Å². The molecule has 0 amide bonds. The van der Waals surface area contributed by atoms with Crippen molar-refractivity contribution < 1.29 is 0 Å². The SMILES string of the molecule is CN=C1CCC(c2ccc(CCl)c(Cl)c2)c2ccccc21. The highest BCUT2D eigenvalue weighted by Crippen LogP contribution is 2.38. The minimum absolute atomic E-state index is 0.383. The highest BCUT2D eigenvalue weighted by Gasteiger charge is 2.25. The Kier molecular flexibility index (Phi) is 4.32. The monoisotopic (exact) mass is 317 g/mol. The number of hydrogen-bond acceptors (Lipinski definition) is 1. The summed E-state index contributed by atoms with van der Waals surface area (Å²) in [6, 6.07) is 14.8. The van der Waals surface area contributed by atoms with Crippen molar-refractivity contribution in [1.29, 1.82) is 0 Å². The molecule has 0 aromatic heterocycles. The molecule has 3 heteroatoms.